The Bertz CT molecular complexity index is 412. The van der Waals surface area contributed by atoms with Gasteiger partial charge in [-0.05, 0) is 6.07 Å². The number of rotatable bonds is 3. The van der Waals surface area contributed by atoms with Gasteiger partial charge in [-0.3, -0.25) is 0 Å². The Kier molecular flexibility index (Phi) is 4.00. The number of ether oxygens (including phenoxy) is 2. The van der Waals surface area contributed by atoms with E-state index in [4.69, 9.17) is 11.6 Å². The molecule has 16 heavy (non-hydrogen) atoms. The Labute approximate surface area is 95.1 Å². The number of aromatic nitrogens is 1. The van der Waals surface area contributed by atoms with Crippen molar-refractivity contribution in [1.82, 2.24) is 4.98 Å². The van der Waals surface area contributed by atoms with Crippen molar-refractivity contribution >= 4 is 17.6 Å². The van der Waals surface area contributed by atoms with Crippen LogP contribution in [0.1, 0.15) is 22.5 Å². The van der Waals surface area contributed by atoms with Gasteiger partial charge in [-0.25, -0.2) is 18.6 Å². The third kappa shape index (κ3) is 2.38. The maximum atomic E-state index is 12.6. The quantitative estimate of drug-likeness (QED) is 0.775. The van der Waals surface area contributed by atoms with Crippen molar-refractivity contribution < 1.29 is 23.0 Å². The molecule has 0 aliphatic heterocycles. The standard InChI is InChI=1S/C9H8ClF2NO3/c1-15-8-6(10)4(7(11)12)3-5(13-8)9(14)16-2/h3,7H,1-2H3. The zero-order valence-electron chi connectivity index (χ0n) is 8.46. The fourth-order valence-electron chi connectivity index (χ4n) is 1.03. The second kappa shape index (κ2) is 5.07. The molecule has 0 radical (unpaired) electrons. The molecule has 0 fully saturated rings. The third-order valence-electron chi connectivity index (χ3n) is 1.78. The van der Waals surface area contributed by atoms with E-state index in [1.807, 2.05) is 0 Å². The number of hydrogen-bond acceptors (Lipinski definition) is 4. The molecule has 1 heterocycles. The lowest BCUT2D eigenvalue weighted by molar-refractivity contribution is 0.0592. The number of methoxy groups -OCH3 is 2. The van der Waals surface area contributed by atoms with Crippen LogP contribution in [-0.2, 0) is 4.74 Å². The molecule has 0 atom stereocenters. The molecule has 0 aliphatic carbocycles. The Morgan fingerprint density at radius 1 is 1.50 bits per heavy atom. The highest BCUT2D eigenvalue weighted by molar-refractivity contribution is 6.32. The van der Waals surface area contributed by atoms with Gasteiger partial charge in [0.1, 0.15) is 5.02 Å². The van der Waals surface area contributed by atoms with Crippen molar-refractivity contribution in [3.8, 4) is 5.88 Å². The van der Waals surface area contributed by atoms with Crippen molar-refractivity contribution in [1.29, 1.82) is 0 Å². The number of nitrogens with zero attached hydrogens (tertiary/aromatic N) is 1. The Hall–Kier alpha value is -1.43. The average molecular weight is 252 g/mol. The molecule has 0 aromatic carbocycles. The number of hydrogen-bond donors (Lipinski definition) is 0. The zero-order valence-corrected chi connectivity index (χ0v) is 9.22. The molecule has 0 aliphatic rings. The molecule has 1 rings (SSSR count). The smallest absolute Gasteiger partial charge is 0.356 e. The second-order valence-corrected chi connectivity index (χ2v) is 3.09. The molecule has 0 N–H and O–H groups in total. The summed E-state index contributed by atoms with van der Waals surface area (Å²) in [5, 5.41) is -0.315. The second-order valence-electron chi connectivity index (χ2n) is 2.71. The molecule has 0 bridgehead atoms. The topological polar surface area (TPSA) is 48.4 Å². The van der Waals surface area contributed by atoms with Crippen LogP contribution in [-0.4, -0.2) is 25.2 Å². The van der Waals surface area contributed by atoms with E-state index >= 15 is 0 Å². The number of esters is 1. The van der Waals surface area contributed by atoms with E-state index in [1.54, 1.807) is 0 Å². The largest absolute Gasteiger partial charge is 0.480 e. The summed E-state index contributed by atoms with van der Waals surface area (Å²) in [6.45, 7) is 0. The molecule has 0 spiro atoms. The van der Waals surface area contributed by atoms with Gasteiger partial charge in [-0.1, -0.05) is 11.6 Å². The summed E-state index contributed by atoms with van der Waals surface area (Å²) in [5.41, 5.74) is -0.798. The summed E-state index contributed by atoms with van der Waals surface area (Å²) in [4.78, 5) is 14.8. The summed E-state index contributed by atoms with van der Waals surface area (Å²) < 4.78 is 34.2. The van der Waals surface area contributed by atoms with Gasteiger partial charge in [0.05, 0.1) is 14.2 Å². The van der Waals surface area contributed by atoms with Crippen molar-refractivity contribution in [3.05, 3.63) is 22.3 Å². The molecule has 1 aromatic heterocycles. The first-order valence-corrected chi connectivity index (χ1v) is 4.50. The third-order valence-corrected chi connectivity index (χ3v) is 2.16. The molecule has 1 aromatic rings. The fourth-order valence-corrected chi connectivity index (χ4v) is 1.28. The molecule has 88 valence electrons. The van der Waals surface area contributed by atoms with Crippen LogP contribution < -0.4 is 4.74 Å². The van der Waals surface area contributed by atoms with Gasteiger partial charge in [0.2, 0.25) is 5.88 Å². The first-order valence-electron chi connectivity index (χ1n) is 4.12. The number of carbonyl (C=O) groups excluding carboxylic acids is 1. The SMILES string of the molecule is COC(=O)c1cc(C(F)F)c(Cl)c(OC)n1. The van der Waals surface area contributed by atoms with Gasteiger partial charge in [0.15, 0.2) is 5.69 Å². The fraction of sp³-hybridized carbons (Fsp3) is 0.333. The molecule has 4 nitrogen and oxygen atoms in total. The summed E-state index contributed by atoms with van der Waals surface area (Å²) in [7, 11) is 2.33. The minimum Gasteiger partial charge on any atom is -0.480 e. The van der Waals surface area contributed by atoms with Gasteiger partial charge in [0, 0.05) is 5.56 Å². The van der Waals surface area contributed by atoms with Gasteiger partial charge in [-0.15, -0.1) is 0 Å². The highest BCUT2D eigenvalue weighted by Crippen LogP contribution is 2.33. The first kappa shape index (κ1) is 12.6. The van der Waals surface area contributed by atoms with Crippen molar-refractivity contribution in [2.45, 2.75) is 6.43 Å². The van der Waals surface area contributed by atoms with Crippen molar-refractivity contribution in [2.75, 3.05) is 14.2 Å². The Morgan fingerprint density at radius 3 is 2.56 bits per heavy atom. The van der Waals surface area contributed by atoms with Crippen LogP contribution in [0, 0.1) is 0 Å². The molecule has 7 heteroatoms. The summed E-state index contributed by atoms with van der Waals surface area (Å²) in [6.07, 6.45) is -2.83. The molecule has 0 saturated carbocycles. The van der Waals surface area contributed by atoms with E-state index in [0.717, 1.165) is 13.2 Å². The lowest BCUT2D eigenvalue weighted by Crippen LogP contribution is -2.07. The van der Waals surface area contributed by atoms with Crippen molar-refractivity contribution in [3.63, 3.8) is 0 Å². The van der Waals surface area contributed by atoms with Gasteiger partial charge in [0.25, 0.3) is 6.43 Å². The summed E-state index contributed by atoms with van der Waals surface area (Å²) in [6, 6.07) is 0.876. The number of halogens is 3. The van der Waals surface area contributed by atoms with Crippen LogP contribution in [0.5, 0.6) is 5.88 Å². The van der Waals surface area contributed by atoms with Crippen molar-refractivity contribution in [2.24, 2.45) is 0 Å². The monoisotopic (exact) mass is 251 g/mol. The maximum absolute atomic E-state index is 12.6. The normalized spacial score (nSPS) is 10.4. The summed E-state index contributed by atoms with van der Waals surface area (Å²) in [5.74, 6) is -1.07. The summed E-state index contributed by atoms with van der Waals surface area (Å²) >= 11 is 5.60. The molecular weight excluding hydrogens is 244 g/mol. The van der Waals surface area contributed by atoms with Crippen LogP contribution in [0.25, 0.3) is 0 Å². The maximum Gasteiger partial charge on any atom is 0.356 e. The van der Waals surface area contributed by atoms with Gasteiger partial charge >= 0.3 is 5.97 Å². The van der Waals surface area contributed by atoms with Crippen LogP contribution in [0.2, 0.25) is 5.02 Å². The lowest BCUT2D eigenvalue weighted by atomic mass is 10.2. The van der Waals surface area contributed by atoms with Crippen LogP contribution in [0.3, 0.4) is 0 Å². The highest BCUT2D eigenvalue weighted by atomic mass is 35.5. The molecular formula is C9H8ClF2NO3. The van der Waals surface area contributed by atoms with E-state index in [1.165, 1.54) is 7.11 Å². The Balaban J connectivity index is 3.34. The van der Waals surface area contributed by atoms with E-state index < -0.39 is 18.0 Å². The molecule has 0 amide bonds. The number of carbonyl (C=O) groups is 1. The van der Waals surface area contributed by atoms with E-state index in [9.17, 15) is 13.6 Å². The van der Waals surface area contributed by atoms with E-state index in [0.29, 0.717) is 0 Å². The first-order chi connectivity index (χ1) is 7.51. The average Bonchev–Trinajstić information content (AvgIpc) is 2.27. The van der Waals surface area contributed by atoms with Gasteiger partial charge in [-0.2, -0.15) is 0 Å². The number of alkyl halides is 2. The predicted molar refractivity (Wildman–Crippen MR) is 52.1 cm³/mol. The molecule has 0 unspecified atom stereocenters. The van der Waals surface area contributed by atoms with Crippen LogP contribution >= 0.6 is 11.6 Å². The van der Waals surface area contributed by atoms with E-state index in [-0.39, 0.29) is 16.6 Å². The van der Waals surface area contributed by atoms with Crippen LogP contribution in [0.15, 0.2) is 6.07 Å². The minimum atomic E-state index is -2.83. The Morgan fingerprint density at radius 2 is 2.12 bits per heavy atom. The molecule has 0 saturated heterocycles. The number of pyridine rings is 1. The lowest BCUT2D eigenvalue weighted by Gasteiger charge is -2.09. The highest BCUT2D eigenvalue weighted by Gasteiger charge is 2.21. The predicted octanol–water partition coefficient (Wildman–Crippen LogP) is 2.47. The minimum absolute atomic E-state index is 0.236. The van der Waals surface area contributed by atoms with Gasteiger partial charge < -0.3 is 9.47 Å². The van der Waals surface area contributed by atoms with Crippen LogP contribution in [0.4, 0.5) is 8.78 Å². The van der Waals surface area contributed by atoms with E-state index in [2.05, 4.69) is 14.5 Å². The zero-order chi connectivity index (χ0) is 12.3.